The molecule has 0 aromatic heterocycles. The number of amides is 2. The Hall–Kier alpha value is -1.85. The Balaban J connectivity index is 1.70. The fourth-order valence-electron chi connectivity index (χ4n) is 3.13. The summed E-state index contributed by atoms with van der Waals surface area (Å²) < 4.78 is 32.1. The average Bonchev–Trinajstić information content (AvgIpc) is 3.17. The molecule has 35 heavy (non-hydrogen) atoms. The number of rotatable bonds is 25. The molecule has 0 N–H and O–H groups in total. The van der Waals surface area contributed by atoms with Crippen LogP contribution in [0.2, 0.25) is 0 Å². The Morgan fingerprint density at radius 1 is 0.629 bits per heavy atom. The highest BCUT2D eigenvalue weighted by Crippen LogP contribution is 2.07. The van der Waals surface area contributed by atoms with Crippen LogP contribution in [-0.2, 0) is 42.8 Å². The van der Waals surface area contributed by atoms with Crippen molar-refractivity contribution in [1.29, 1.82) is 0 Å². The maximum absolute atomic E-state index is 11.6. The first kappa shape index (κ1) is 31.2. The second kappa shape index (κ2) is 22.6. The molecular weight excluding hydrogens is 458 g/mol. The Bertz CT molecular complexity index is 579. The highest BCUT2D eigenvalue weighted by Gasteiger charge is 2.22. The van der Waals surface area contributed by atoms with Crippen LogP contribution in [0.25, 0.3) is 0 Å². The molecule has 0 saturated heterocycles. The van der Waals surface area contributed by atoms with Crippen molar-refractivity contribution < 1.29 is 42.8 Å². The average molecular weight is 502 g/mol. The van der Waals surface area contributed by atoms with E-state index in [2.05, 4.69) is 6.92 Å². The minimum atomic E-state index is -0.305. The summed E-state index contributed by atoms with van der Waals surface area (Å²) in [6, 6.07) is 0. The van der Waals surface area contributed by atoms with Gasteiger partial charge in [0, 0.05) is 18.6 Å². The molecule has 0 saturated carbocycles. The lowest BCUT2D eigenvalue weighted by molar-refractivity contribution is -0.145. The third-order valence-electron chi connectivity index (χ3n) is 5.07. The van der Waals surface area contributed by atoms with Crippen LogP contribution in [0.3, 0.4) is 0 Å². The second-order valence-corrected chi connectivity index (χ2v) is 7.96. The third kappa shape index (κ3) is 18.1. The molecule has 202 valence electrons. The number of hydrogen-bond acceptors (Lipinski definition) is 9. The summed E-state index contributed by atoms with van der Waals surface area (Å²) in [5.41, 5.74) is 0. The van der Waals surface area contributed by atoms with E-state index in [0.29, 0.717) is 65.9 Å². The Morgan fingerprint density at radius 2 is 1.06 bits per heavy atom. The zero-order valence-electron chi connectivity index (χ0n) is 21.2. The monoisotopic (exact) mass is 501 g/mol. The molecule has 10 heteroatoms. The van der Waals surface area contributed by atoms with Crippen molar-refractivity contribution in [3.05, 3.63) is 12.2 Å². The van der Waals surface area contributed by atoms with Crippen molar-refractivity contribution in [3.8, 4) is 0 Å². The molecule has 0 spiro atoms. The van der Waals surface area contributed by atoms with Gasteiger partial charge < -0.3 is 28.4 Å². The molecule has 1 heterocycles. The molecule has 0 aromatic rings. The SMILES string of the molecule is CCCCCCCCC(=O)OCCOCCOCCOCCOCCOCCN1C(=O)C=CC1=O. The van der Waals surface area contributed by atoms with Crippen LogP contribution in [0.5, 0.6) is 0 Å². The number of carbonyl (C=O) groups is 3. The van der Waals surface area contributed by atoms with Crippen molar-refractivity contribution in [1.82, 2.24) is 4.90 Å². The van der Waals surface area contributed by atoms with Gasteiger partial charge in [0.15, 0.2) is 0 Å². The van der Waals surface area contributed by atoms with E-state index in [1.807, 2.05) is 0 Å². The first-order chi connectivity index (χ1) is 17.1. The summed E-state index contributed by atoms with van der Waals surface area (Å²) >= 11 is 0. The van der Waals surface area contributed by atoms with E-state index in [0.717, 1.165) is 17.7 Å². The molecule has 1 rings (SSSR count). The minimum absolute atomic E-state index is 0.153. The molecule has 0 fully saturated rings. The number of hydrogen-bond donors (Lipinski definition) is 0. The minimum Gasteiger partial charge on any atom is -0.463 e. The van der Waals surface area contributed by atoms with Gasteiger partial charge in [-0.1, -0.05) is 39.0 Å². The number of nitrogens with zero attached hydrogens (tertiary/aromatic N) is 1. The summed E-state index contributed by atoms with van der Waals surface area (Å²) in [6.07, 6.45) is 9.89. The van der Waals surface area contributed by atoms with Crippen molar-refractivity contribution >= 4 is 17.8 Å². The summed E-state index contributed by atoms with van der Waals surface area (Å²) in [5.74, 6) is -0.764. The highest BCUT2D eigenvalue weighted by molar-refractivity contribution is 6.12. The molecule has 0 radical (unpaired) electrons. The predicted molar refractivity (Wildman–Crippen MR) is 129 cm³/mol. The van der Waals surface area contributed by atoms with Gasteiger partial charge in [-0.2, -0.15) is 0 Å². The first-order valence-corrected chi connectivity index (χ1v) is 12.7. The van der Waals surface area contributed by atoms with Gasteiger partial charge in [0.05, 0.1) is 72.6 Å². The van der Waals surface area contributed by atoms with E-state index in [9.17, 15) is 14.4 Å². The molecule has 0 bridgehead atoms. The summed E-state index contributed by atoms with van der Waals surface area (Å²) in [7, 11) is 0. The number of imide groups is 1. The van der Waals surface area contributed by atoms with Crippen LogP contribution in [0.4, 0.5) is 0 Å². The van der Waals surface area contributed by atoms with Gasteiger partial charge in [0.25, 0.3) is 11.8 Å². The fourth-order valence-corrected chi connectivity index (χ4v) is 3.13. The molecule has 1 aliphatic heterocycles. The van der Waals surface area contributed by atoms with Gasteiger partial charge >= 0.3 is 5.97 Å². The molecular formula is C25H43NO9. The van der Waals surface area contributed by atoms with Crippen LogP contribution in [0.1, 0.15) is 51.9 Å². The van der Waals surface area contributed by atoms with Gasteiger partial charge in [-0.25, -0.2) is 0 Å². The van der Waals surface area contributed by atoms with Gasteiger partial charge in [0.1, 0.15) is 6.61 Å². The topological polar surface area (TPSA) is 110 Å². The van der Waals surface area contributed by atoms with Crippen molar-refractivity contribution in [2.45, 2.75) is 51.9 Å². The van der Waals surface area contributed by atoms with Gasteiger partial charge in [-0.15, -0.1) is 0 Å². The Kier molecular flexibility index (Phi) is 20.1. The number of unbranched alkanes of at least 4 members (excludes halogenated alkanes) is 5. The van der Waals surface area contributed by atoms with Crippen LogP contribution >= 0.6 is 0 Å². The molecule has 0 aromatic carbocycles. The molecule has 0 atom stereocenters. The normalized spacial score (nSPS) is 13.2. The molecule has 0 aliphatic carbocycles. The highest BCUT2D eigenvalue weighted by atomic mass is 16.6. The van der Waals surface area contributed by atoms with E-state index in [1.165, 1.54) is 37.8 Å². The van der Waals surface area contributed by atoms with Crippen LogP contribution in [-0.4, -0.2) is 102 Å². The molecule has 10 nitrogen and oxygen atoms in total. The maximum Gasteiger partial charge on any atom is 0.305 e. The van der Waals surface area contributed by atoms with E-state index in [4.69, 9.17) is 28.4 Å². The fraction of sp³-hybridized carbons (Fsp3) is 0.800. The third-order valence-corrected chi connectivity index (χ3v) is 5.07. The van der Waals surface area contributed by atoms with E-state index >= 15 is 0 Å². The Labute approximate surface area is 209 Å². The zero-order chi connectivity index (χ0) is 25.4. The number of esters is 1. The second-order valence-electron chi connectivity index (χ2n) is 7.96. The van der Waals surface area contributed by atoms with Gasteiger partial charge in [-0.3, -0.25) is 19.3 Å². The molecule has 2 amide bonds. The lowest BCUT2D eigenvalue weighted by Crippen LogP contribution is -2.33. The van der Waals surface area contributed by atoms with Gasteiger partial charge in [-0.05, 0) is 6.42 Å². The molecule has 1 aliphatic rings. The van der Waals surface area contributed by atoms with Crippen molar-refractivity contribution in [3.63, 3.8) is 0 Å². The largest absolute Gasteiger partial charge is 0.463 e. The summed E-state index contributed by atoms with van der Waals surface area (Å²) in [4.78, 5) is 35.5. The number of ether oxygens (including phenoxy) is 6. The summed E-state index contributed by atoms with van der Waals surface area (Å²) in [6.45, 7) is 6.85. The zero-order valence-corrected chi connectivity index (χ0v) is 21.2. The maximum atomic E-state index is 11.6. The summed E-state index contributed by atoms with van der Waals surface area (Å²) in [5, 5.41) is 0. The smallest absolute Gasteiger partial charge is 0.305 e. The standard InChI is InChI=1S/C25H43NO9/c1-2-3-4-5-6-7-8-25(29)35-22-21-34-20-19-33-18-17-32-16-15-31-14-13-30-12-11-26-23(27)9-10-24(26)28/h9-10H,2-8,11-22H2,1H3. The van der Waals surface area contributed by atoms with E-state index < -0.39 is 0 Å². The quantitative estimate of drug-likeness (QED) is 0.106. The molecule has 0 unspecified atom stereocenters. The Morgan fingerprint density at radius 3 is 1.57 bits per heavy atom. The van der Waals surface area contributed by atoms with Crippen LogP contribution < -0.4 is 0 Å². The first-order valence-electron chi connectivity index (χ1n) is 12.7. The van der Waals surface area contributed by atoms with Crippen LogP contribution in [0, 0.1) is 0 Å². The lowest BCUT2D eigenvalue weighted by atomic mass is 10.1. The lowest BCUT2D eigenvalue weighted by Gasteiger charge is -2.13. The predicted octanol–water partition coefficient (Wildman–Crippen LogP) is 2.29. The van der Waals surface area contributed by atoms with Crippen molar-refractivity contribution in [2.75, 3.05) is 79.2 Å². The van der Waals surface area contributed by atoms with Crippen molar-refractivity contribution in [2.24, 2.45) is 0 Å². The van der Waals surface area contributed by atoms with E-state index in [1.54, 1.807) is 0 Å². The van der Waals surface area contributed by atoms with Gasteiger partial charge in [0.2, 0.25) is 0 Å². The van der Waals surface area contributed by atoms with E-state index in [-0.39, 0.29) is 37.5 Å². The number of carbonyl (C=O) groups excluding carboxylic acids is 3. The van der Waals surface area contributed by atoms with Crippen LogP contribution in [0.15, 0.2) is 12.2 Å².